The summed E-state index contributed by atoms with van der Waals surface area (Å²) in [6.45, 7) is 2.91. The number of carbonyl (C=O) groups is 3. The number of sulfonamides is 1. The summed E-state index contributed by atoms with van der Waals surface area (Å²) < 4.78 is 33.1. The average Bonchev–Trinajstić information content (AvgIpc) is 2.83. The van der Waals surface area contributed by atoms with Crippen molar-refractivity contribution >= 4 is 33.4 Å². The molecule has 0 aliphatic rings. The van der Waals surface area contributed by atoms with E-state index in [-0.39, 0.29) is 22.9 Å². The largest absolute Gasteiger partial charge is 0.451 e. The van der Waals surface area contributed by atoms with Crippen LogP contribution in [-0.4, -0.2) is 32.2 Å². The third-order valence-electron chi connectivity index (χ3n) is 4.83. The summed E-state index contributed by atoms with van der Waals surface area (Å²) in [7, 11) is -3.87. The van der Waals surface area contributed by atoms with Crippen LogP contribution < -0.4 is 10.0 Å². The predicted molar refractivity (Wildman–Crippen MR) is 127 cm³/mol. The Hall–Kier alpha value is -3.82. The molecule has 1 atom stereocenters. The highest BCUT2D eigenvalue weighted by Gasteiger charge is 2.22. The van der Waals surface area contributed by atoms with Crippen LogP contribution in [0.25, 0.3) is 0 Å². The van der Waals surface area contributed by atoms with Gasteiger partial charge in [0.25, 0.3) is 0 Å². The first kappa shape index (κ1) is 24.8. The van der Waals surface area contributed by atoms with E-state index in [1.165, 1.54) is 50.2 Å². The fourth-order valence-electron chi connectivity index (χ4n) is 3.09. The number of esters is 1. The molecule has 34 heavy (non-hydrogen) atoms. The zero-order valence-corrected chi connectivity index (χ0v) is 19.5. The van der Waals surface area contributed by atoms with Crippen molar-refractivity contribution in [3.05, 3.63) is 95.6 Å². The average molecular weight is 481 g/mol. The Morgan fingerprint density at radius 2 is 1.56 bits per heavy atom. The Kier molecular flexibility index (Phi) is 7.93. The fourth-order valence-corrected chi connectivity index (χ4v) is 4.15. The Morgan fingerprint density at radius 3 is 2.21 bits per heavy atom. The second-order valence-electron chi connectivity index (χ2n) is 7.51. The minimum absolute atomic E-state index is 0.00300. The van der Waals surface area contributed by atoms with Crippen LogP contribution in [0.3, 0.4) is 0 Å². The molecule has 0 heterocycles. The monoisotopic (exact) mass is 480 g/mol. The van der Waals surface area contributed by atoms with Gasteiger partial charge in [-0.05, 0) is 55.0 Å². The van der Waals surface area contributed by atoms with Crippen molar-refractivity contribution in [2.24, 2.45) is 0 Å². The lowest BCUT2D eigenvalue weighted by Gasteiger charge is -2.13. The number of hydrogen-bond acceptors (Lipinski definition) is 6. The smallest absolute Gasteiger partial charge is 0.338 e. The standard InChI is InChI=1S/C25H24N2O6S/c1-17(24(29)20-11-13-22(14-12-20)27-18(2)28)33-25(30)21-9-6-10-23(15-21)34(31,32)26-16-19-7-4-3-5-8-19/h3-15,17,26H,16H2,1-2H3,(H,27,28). The van der Waals surface area contributed by atoms with Gasteiger partial charge in [0.15, 0.2) is 6.10 Å². The molecule has 0 fully saturated rings. The van der Waals surface area contributed by atoms with Gasteiger partial charge in [0.05, 0.1) is 10.5 Å². The van der Waals surface area contributed by atoms with E-state index in [9.17, 15) is 22.8 Å². The van der Waals surface area contributed by atoms with Gasteiger partial charge in [-0.1, -0.05) is 36.4 Å². The maximum Gasteiger partial charge on any atom is 0.338 e. The summed E-state index contributed by atoms with van der Waals surface area (Å²) >= 11 is 0. The van der Waals surface area contributed by atoms with E-state index >= 15 is 0 Å². The zero-order valence-electron chi connectivity index (χ0n) is 18.6. The van der Waals surface area contributed by atoms with Crippen LogP contribution in [-0.2, 0) is 26.1 Å². The number of Topliss-reactive ketones (excluding diaryl/α,β-unsaturated/α-hetero) is 1. The summed E-state index contributed by atoms with van der Waals surface area (Å²) in [5.74, 6) is -1.49. The number of ether oxygens (including phenoxy) is 1. The second kappa shape index (κ2) is 10.9. The Balaban J connectivity index is 1.66. The lowest BCUT2D eigenvalue weighted by molar-refractivity contribution is -0.114. The minimum Gasteiger partial charge on any atom is -0.451 e. The van der Waals surface area contributed by atoms with Gasteiger partial charge in [-0.2, -0.15) is 0 Å². The van der Waals surface area contributed by atoms with Crippen LogP contribution in [0, 0.1) is 0 Å². The molecule has 0 spiro atoms. The number of amides is 1. The maximum atomic E-state index is 12.6. The first-order valence-corrected chi connectivity index (χ1v) is 11.9. The summed E-state index contributed by atoms with van der Waals surface area (Å²) in [5.41, 5.74) is 1.63. The number of anilines is 1. The molecular weight excluding hydrogens is 456 g/mol. The predicted octanol–water partition coefficient (Wildman–Crippen LogP) is 3.55. The van der Waals surface area contributed by atoms with Gasteiger partial charge in [0.2, 0.25) is 21.7 Å². The third kappa shape index (κ3) is 6.60. The zero-order chi connectivity index (χ0) is 24.7. The van der Waals surface area contributed by atoms with Crippen molar-refractivity contribution < 1.29 is 27.5 Å². The van der Waals surface area contributed by atoms with Gasteiger partial charge in [0, 0.05) is 24.7 Å². The number of carbonyl (C=O) groups excluding carboxylic acids is 3. The van der Waals surface area contributed by atoms with E-state index in [1.807, 2.05) is 6.07 Å². The summed E-state index contributed by atoms with van der Waals surface area (Å²) in [6, 6.07) is 20.6. The topological polar surface area (TPSA) is 119 Å². The molecule has 0 saturated heterocycles. The molecule has 9 heteroatoms. The molecule has 1 unspecified atom stereocenters. The summed E-state index contributed by atoms with van der Waals surface area (Å²) in [4.78, 5) is 36.2. The normalized spacial score (nSPS) is 11.9. The van der Waals surface area contributed by atoms with Crippen molar-refractivity contribution in [1.29, 1.82) is 0 Å². The molecule has 3 rings (SSSR count). The van der Waals surface area contributed by atoms with Crippen LogP contribution >= 0.6 is 0 Å². The highest BCUT2D eigenvalue weighted by molar-refractivity contribution is 7.89. The van der Waals surface area contributed by atoms with Crippen molar-refractivity contribution in [3.8, 4) is 0 Å². The first-order valence-electron chi connectivity index (χ1n) is 10.4. The van der Waals surface area contributed by atoms with Crippen molar-refractivity contribution in [2.45, 2.75) is 31.4 Å². The van der Waals surface area contributed by atoms with Gasteiger partial charge in [-0.3, -0.25) is 9.59 Å². The van der Waals surface area contributed by atoms with Gasteiger partial charge in [-0.25, -0.2) is 17.9 Å². The van der Waals surface area contributed by atoms with Crippen molar-refractivity contribution in [1.82, 2.24) is 4.72 Å². The van der Waals surface area contributed by atoms with Gasteiger partial charge >= 0.3 is 5.97 Å². The molecule has 0 bridgehead atoms. The highest BCUT2D eigenvalue weighted by atomic mass is 32.2. The molecule has 0 aliphatic carbocycles. The van der Waals surface area contributed by atoms with Crippen LogP contribution in [0.5, 0.6) is 0 Å². The van der Waals surface area contributed by atoms with Crippen LogP contribution in [0.4, 0.5) is 5.69 Å². The number of ketones is 1. The molecule has 0 saturated carbocycles. The van der Waals surface area contributed by atoms with E-state index in [0.29, 0.717) is 11.3 Å². The van der Waals surface area contributed by atoms with Crippen molar-refractivity contribution in [3.63, 3.8) is 0 Å². The number of benzene rings is 3. The summed E-state index contributed by atoms with van der Waals surface area (Å²) in [5, 5.41) is 2.60. The molecule has 0 radical (unpaired) electrons. The molecule has 176 valence electrons. The van der Waals surface area contributed by atoms with Gasteiger partial charge in [0.1, 0.15) is 0 Å². The SMILES string of the molecule is CC(=O)Nc1ccc(C(=O)C(C)OC(=O)c2cccc(S(=O)(=O)NCc3ccccc3)c2)cc1. The van der Waals surface area contributed by atoms with E-state index in [4.69, 9.17) is 4.74 Å². The highest BCUT2D eigenvalue weighted by Crippen LogP contribution is 2.16. The third-order valence-corrected chi connectivity index (χ3v) is 6.23. The van der Waals surface area contributed by atoms with E-state index < -0.39 is 27.9 Å². The number of hydrogen-bond donors (Lipinski definition) is 2. The van der Waals surface area contributed by atoms with Crippen LogP contribution in [0.1, 0.15) is 40.1 Å². The maximum absolute atomic E-state index is 12.6. The molecule has 1 amide bonds. The van der Waals surface area contributed by atoms with Gasteiger partial charge < -0.3 is 10.1 Å². The molecule has 2 N–H and O–H groups in total. The lowest BCUT2D eigenvalue weighted by atomic mass is 10.1. The second-order valence-corrected chi connectivity index (χ2v) is 9.28. The molecule has 0 aliphatic heterocycles. The molecule has 3 aromatic carbocycles. The molecular formula is C25H24N2O6S. The quantitative estimate of drug-likeness (QED) is 0.357. The number of rotatable bonds is 9. The summed E-state index contributed by atoms with van der Waals surface area (Å²) in [6.07, 6.45) is -1.10. The van der Waals surface area contributed by atoms with Gasteiger partial charge in [-0.15, -0.1) is 0 Å². The first-order chi connectivity index (χ1) is 16.2. The molecule has 3 aromatic rings. The molecule has 8 nitrogen and oxygen atoms in total. The van der Waals surface area contributed by atoms with E-state index in [2.05, 4.69) is 10.0 Å². The van der Waals surface area contributed by atoms with E-state index in [1.54, 1.807) is 36.4 Å². The van der Waals surface area contributed by atoms with Crippen LogP contribution in [0.2, 0.25) is 0 Å². The Labute approximate surface area is 198 Å². The fraction of sp³-hybridized carbons (Fsp3) is 0.160. The number of nitrogens with one attached hydrogen (secondary N) is 2. The van der Waals surface area contributed by atoms with E-state index in [0.717, 1.165) is 5.56 Å². The van der Waals surface area contributed by atoms with Crippen molar-refractivity contribution in [2.75, 3.05) is 5.32 Å². The Bertz CT molecular complexity index is 1290. The van der Waals surface area contributed by atoms with Crippen LogP contribution in [0.15, 0.2) is 83.8 Å². The Morgan fingerprint density at radius 1 is 0.882 bits per heavy atom. The lowest BCUT2D eigenvalue weighted by Crippen LogP contribution is -2.25. The molecule has 0 aromatic heterocycles. The minimum atomic E-state index is -3.87.